The predicted molar refractivity (Wildman–Crippen MR) is 270 cm³/mol. The van der Waals surface area contributed by atoms with Gasteiger partial charge in [0.05, 0.1) is 34.5 Å². The summed E-state index contributed by atoms with van der Waals surface area (Å²) in [6.07, 6.45) is 8.01. The van der Waals surface area contributed by atoms with Gasteiger partial charge in [-0.1, -0.05) is 87.5 Å². The number of halogens is 4. The van der Waals surface area contributed by atoms with Gasteiger partial charge in [0.2, 0.25) is 0 Å². The van der Waals surface area contributed by atoms with Crippen LogP contribution in [0.25, 0.3) is 90.9 Å². The van der Waals surface area contributed by atoms with E-state index in [0.717, 1.165) is 0 Å². The molecule has 2 aliphatic heterocycles. The van der Waals surface area contributed by atoms with Crippen molar-refractivity contribution in [1.29, 1.82) is 0 Å². The summed E-state index contributed by atoms with van der Waals surface area (Å²) >= 11 is 0. The maximum Gasteiger partial charge on any atom is 2.00 e. The molecular formula is C52H37F4N9O4S2Zn. The zero-order valence-electron chi connectivity index (χ0n) is 37.9. The summed E-state index contributed by atoms with van der Waals surface area (Å²) in [6.45, 7) is 0.235. The molecule has 10 rings (SSSR count). The number of phenolic OH excluding ortho intramolecular Hbond substituents is 3. The normalized spacial score (nSPS) is 11.7. The monoisotopic (exact) mass is 1060 g/mol. The van der Waals surface area contributed by atoms with Gasteiger partial charge in [-0.15, -0.1) is 27.2 Å². The number of hydrogen-bond donors (Lipinski definition) is 5. The number of anilines is 1. The molecule has 0 radical (unpaired) electrons. The van der Waals surface area contributed by atoms with Crippen molar-refractivity contribution in [2.75, 3.05) is 29.9 Å². The molecule has 4 aromatic heterocycles. The molecule has 0 fully saturated rings. The van der Waals surface area contributed by atoms with E-state index in [1.54, 1.807) is 85.9 Å². The Kier molecular flexibility index (Phi) is 14.4. The first-order valence-electron chi connectivity index (χ1n) is 21.8. The Morgan fingerprint density at radius 3 is 1.42 bits per heavy atom. The molecule has 5 N–H and O–H groups in total. The molecule has 0 aliphatic carbocycles. The van der Waals surface area contributed by atoms with Crippen LogP contribution in [0, 0.1) is 23.3 Å². The van der Waals surface area contributed by atoms with E-state index in [2.05, 4.69) is 20.9 Å². The van der Waals surface area contributed by atoms with E-state index >= 15 is 17.6 Å². The summed E-state index contributed by atoms with van der Waals surface area (Å²) in [7, 11) is 4.34. The van der Waals surface area contributed by atoms with Crippen molar-refractivity contribution in [3.05, 3.63) is 155 Å². The third-order valence-electron chi connectivity index (χ3n) is 11.4. The minimum absolute atomic E-state index is 0. The van der Waals surface area contributed by atoms with Gasteiger partial charge in [0.15, 0.2) is 29.0 Å². The summed E-state index contributed by atoms with van der Waals surface area (Å²) in [4.78, 5) is 32.1. The van der Waals surface area contributed by atoms with Gasteiger partial charge in [0.1, 0.15) is 22.9 Å². The van der Waals surface area contributed by atoms with Crippen LogP contribution in [-0.2, 0) is 26.5 Å². The number of carbonyl (C=O) groups is 1. The largest absolute Gasteiger partial charge is 2.00 e. The van der Waals surface area contributed by atoms with Crippen LogP contribution >= 0.6 is 21.6 Å². The molecule has 356 valence electrons. The number of aromatic nitrogens is 7. The Labute approximate surface area is 428 Å². The van der Waals surface area contributed by atoms with Crippen LogP contribution in [0.15, 0.2) is 103 Å². The van der Waals surface area contributed by atoms with Gasteiger partial charge in [0.25, 0.3) is 5.91 Å². The SMILES string of the molecule is Cn1cc(C(=O)NCCSSCCNc2c(F)c(F)c(-c3c4nc(c(-c5cccc(O)c5)c5ccc([n-]5)c(-c5cccc(O)c5)c5nc(c(-c6cccc(O)c6)c6ccc3[n-]6)C=C5)C=C4)c(F)c2F)nn1.[Zn+2]. The third-order valence-corrected chi connectivity index (χ3v) is 13.8. The van der Waals surface area contributed by atoms with Gasteiger partial charge in [-0.25, -0.2) is 27.5 Å². The Balaban J connectivity index is 0.00000640. The number of benzene rings is 4. The van der Waals surface area contributed by atoms with Gasteiger partial charge >= 0.3 is 19.5 Å². The fourth-order valence-electron chi connectivity index (χ4n) is 8.31. The zero-order chi connectivity index (χ0) is 49.3. The first kappa shape index (κ1) is 49.3. The molecule has 6 heterocycles. The molecule has 0 saturated carbocycles. The smallest absolute Gasteiger partial charge is 0.657 e. The number of aromatic hydroxyl groups is 3. The van der Waals surface area contributed by atoms with Crippen molar-refractivity contribution in [2.45, 2.75) is 0 Å². The van der Waals surface area contributed by atoms with Crippen molar-refractivity contribution in [1.82, 2.24) is 40.2 Å². The van der Waals surface area contributed by atoms with Crippen molar-refractivity contribution in [3.8, 4) is 61.8 Å². The number of nitrogens with one attached hydrogen (secondary N) is 2. The van der Waals surface area contributed by atoms with Crippen molar-refractivity contribution in [3.63, 3.8) is 0 Å². The first-order valence-corrected chi connectivity index (χ1v) is 24.3. The maximum absolute atomic E-state index is 16.8. The quantitative estimate of drug-likeness (QED) is 0.0242. The number of nitrogens with zero attached hydrogens (tertiary/aromatic N) is 7. The van der Waals surface area contributed by atoms with Gasteiger partial charge < -0.3 is 35.9 Å². The summed E-state index contributed by atoms with van der Waals surface area (Å²) < 4.78 is 67.7. The molecule has 20 heteroatoms. The van der Waals surface area contributed by atoms with E-state index in [-0.39, 0.29) is 88.6 Å². The Morgan fingerprint density at radius 2 is 1.00 bits per heavy atom. The van der Waals surface area contributed by atoms with Crippen molar-refractivity contribution in [2.24, 2.45) is 7.05 Å². The number of amides is 1. The second kappa shape index (κ2) is 21.0. The topological polar surface area (TPSA) is 187 Å². The van der Waals surface area contributed by atoms with Crippen LogP contribution in [0.2, 0.25) is 0 Å². The molecule has 0 saturated heterocycles. The van der Waals surface area contributed by atoms with Gasteiger partial charge in [0, 0.05) is 31.6 Å². The molecule has 13 nitrogen and oxygen atoms in total. The molecule has 2 aliphatic rings. The second-order valence-corrected chi connectivity index (χ2v) is 18.8. The third kappa shape index (κ3) is 9.84. The number of rotatable bonds is 13. The number of phenols is 3. The number of aryl methyl sites for hydroxylation is 1. The fraction of sp³-hybridized carbons (Fsp3) is 0.0962. The van der Waals surface area contributed by atoms with E-state index in [9.17, 15) is 20.1 Å². The molecule has 8 bridgehead atoms. The summed E-state index contributed by atoms with van der Waals surface area (Å²) in [5, 5.41) is 44.7. The molecule has 0 spiro atoms. The van der Waals surface area contributed by atoms with Gasteiger partial charge in [-0.2, -0.15) is 0 Å². The average molecular weight is 1060 g/mol. The number of carbonyl (C=O) groups excluding carboxylic acids is 1. The van der Waals surface area contributed by atoms with E-state index in [1.165, 1.54) is 68.9 Å². The summed E-state index contributed by atoms with van der Waals surface area (Å²) in [5.74, 6) is -6.47. The molecule has 72 heavy (non-hydrogen) atoms. The van der Waals surface area contributed by atoms with Crippen LogP contribution in [-0.4, -0.2) is 70.8 Å². The average Bonchev–Trinajstić information content (AvgIpc) is 4.23. The van der Waals surface area contributed by atoms with Crippen molar-refractivity contribution < 1.29 is 57.2 Å². The summed E-state index contributed by atoms with van der Waals surface area (Å²) in [5.41, 5.74) is 2.56. The van der Waals surface area contributed by atoms with E-state index < -0.39 is 34.5 Å². The number of hydrogen-bond acceptors (Lipinski definition) is 11. The van der Waals surface area contributed by atoms with E-state index in [4.69, 9.17) is 19.9 Å². The fourth-order valence-corrected chi connectivity index (χ4v) is 10.1. The molecule has 4 aromatic carbocycles. The van der Waals surface area contributed by atoms with Crippen LogP contribution in [0.4, 0.5) is 23.2 Å². The van der Waals surface area contributed by atoms with Gasteiger partial charge in [-0.05, 0) is 99.6 Å². The standard InChI is InChI=1S/C52H38F4N9O4S2.Zn/c1-65-26-41(63-64-65)52(69)58-20-22-71-70-21-19-57-51-49(55)47(53)46(48(54)50(51)56)45-39-17-15-37(61-39)43(28-6-3-9-31(67)24-28)35-13-11-33(59-35)42(27-5-2-8-30(66)23-27)34-12-14-36(60-34)44(38-16-18-40(45)62-38)29-7-4-10-32(68)25-29;/h2-18,23-26H,19-22H2,1H3,(H6-,57,58,59,60,61,62,63,64,66,67,68,69);/q-1;+2/p-1. The molecule has 0 unspecified atom stereocenters. The molecule has 0 atom stereocenters. The Hall–Kier alpha value is -7.67. The zero-order valence-corrected chi connectivity index (χ0v) is 42.5. The predicted octanol–water partition coefficient (Wildman–Crippen LogP) is 10.6. The van der Waals surface area contributed by atoms with E-state index in [0.29, 0.717) is 68.1 Å². The van der Waals surface area contributed by atoms with Gasteiger partial charge in [-0.3, -0.25) is 9.48 Å². The Bertz CT molecular complexity index is 3600. The first-order chi connectivity index (χ1) is 34.4. The summed E-state index contributed by atoms with van der Waals surface area (Å²) in [6, 6.07) is 25.9. The minimum Gasteiger partial charge on any atom is -0.657 e. The second-order valence-electron chi connectivity index (χ2n) is 16.1. The van der Waals surface area contributed by atoms with E-state index in [1.807, 2.05) is 6.07 Å². The maximum atomic E-state index is 16.8. The molecule has 8 aromatic rings. The van der Waals surface area contributed by atoms with Crippen molar-refractivity contribution >= 4 is 79.6 Å². The molecule has 1 amide bonds. The van der Waals surface area contributed by atoms with Crippen LogP contribution in [0.3, 0.4) is 0 Å². The van der Waals surface area contributed by atoms with Crippen LogP contribution in [0.1, 0.15) is 33.3 Å². The minimum atomic E-state index is -1.69. The number of fused-ring (bicyclic) bond motifs is 8. The van der Waals surface area contributed by atoms with Crippen LogP contribution < -0.4 is 20.6 Å². The molecular weight excluding hydrogens is 1020 g/mol. The Morgan fingerprint density at radius 1 is 0.583 bits per heavy atom. The van der Waals surface area contributed by atoms with Crippen LogP contribution in [0.5, 0.6) is 17.2 Å².